The normalized spacial score (nSPS) is 16.0. The molecule has 39 heavy (non-hydrogen) atoms. The highest BCUT2D eigenvalue weighted by Gasteiger charge is 2.24. The summed E-state index contributed by atoms with van der Waals surface area (Å²) in [6.07, 6.45) is 12.1. The van der Waals surface area contributed by atoms with Gasteiger partial charge in [-0.15, -0.1) is 0 Å². The number of Topliss-reactive ketones (excluding diaryl/α,β-unsaturated/α-hetero) is 1. The Labute approximate surface area is 224 Å². The molecule has 0 fully saturated rings. The summed E-state index contributed by atoms with van der Waals surface area (Å²) < 4.78 is 26.8. The molecule has 1 aliphatic heterocycles. The predicted octanol–water partition coefficient (Wildman–Crippen LogP) is 5.84. The monoisotopic (exact) mass is 524 g/mol. The van der Waals surface area contributed by atoms with E-state index in [1.165, 1.54) is 6.07 Å². The third-order valence-electron chi connectivity index (χ3n) is 6.61. The van der Waals surface area contributed by atoms with E-state index in [0.29, 0.717) is 29.9 Å². The lowest BCUT2D eigenvalue weighted by Crippen LogP contribution is -2.27. The van der Waals surface area contributed by atoms with Crippen LogP contribution in [0.2, 0.25) is 0 Å². The SMILES string of the molecule is C[C@H](NC(=O)c1cccnc1NC/C=C/c1ccc2c(c1)CC(=O)/C2=C\C1=CN=CC1)c1ccc(F)c(F)c1. The van der Waals surface area contributed by atoms with Gasteiger partial charge in [0, 0.05) is 43.6 Å². The van der Waals surface area contributed by atoms with Gasteiger partial charge in [-0.2, -0.15) is 0 Å². The first kappa shape index (κ1) is 25.9. The number of pyridine rings is 1. The smallest absolute Gasteiger partial charge is 0.255 e. The average Bonchev–Trinajstić information content (AvgIpc) is 3.55. The zero-order chi connectivity index (χ0) is 27.4. The fourth-order valence-corrected chi connectivity index (χ4v) is 4.56. The Morgan fingerprint density at radius 3 is 2.79 bits per heavy atom. The fourth-order valence-electron chi connectivity index (χ4n) is 4.56. The maximum atomic E-state index is 13.6. The minimum Gasteiger partial charge on any atom is -0.366 e. The van der Waals surface area contributed by atoms with Crippen molar-refractivity contribution in [2.45, 2.75) is 25.8 Å². The van der Waals surface area contributed by atoms with Crippen molar-refractivity contribution in [2.75, 3.05) is 11.9 Å². The number of halogens is 2. The molecule has 196 valence electrons. The number of rotatable bonds is 8. The van der Waals surface area contributed by atoms with Crippen molar-refractivity contribution in [2.24, 2.45) is 4.99 Å². The maximum absolute atomic E-state index is 13.6. The molecule has 8 heteroatoms. The first-order valence-electron chi connectivity index (χ1n) is 12.6. The minimum atomic E-state index is -0.965. The van der Waals surface area contributed by atoms with E-state index in [9.17, 15) is 18.4 Å². The third kappa shape index (κ3) is 5.90. The van der Waals surface area contributed by atoms with Crippen molar-refractivity contribution < 1.29 is 18.4 Å². The number of anilines is 1. The topological polar surface area (TPSA) is 83.5 Å². The highest BCUT2D eigenvalue weighted by Crippen LogP contribution is 2.32. The molecule has 0 saturated carbocycles. The van der Waals surface area contributed by atoms with Crippen LogP contribution in [-0.4, -0.2) is 29.4 Å². The first-order chi connectivity index (χ1) is 18.9. The molecule has 1 amide bonds. The predicted molar refractivity (Wildman–Crippen MR) is 148 cm³/mol. The van der Waals surface area contributed by atoms with Gasteiger partial charge in [0.15, 0.2) is 17.4 Å². The van der Waals surface area contributed by atoms with E-state index >= 15 is 0 Å². The number of aliphatic imine (C=N–C) groups is 1. The van der Waals surface area contributed by atoms with Crippen molar-refractivity contribution in [3.05, 3.63) is 118 Å². The summed E-state index contributed by atoms with van der Waals surface area (Å²) in [5.74, 6) is -1.78. The van der Waals surface area contributed by atoms with Crippen LogP contribution in [0, 0.1) is 11.6 Å². The average molecular weight is 525 g/mol. The number of fused-ring (bicyclic) bond motifs is 1. The quantitative estimate of drug-likeness (QED) is 0.363. The summed E-state index contributed by atoms with van der Waals surface area (Å²) in [7, 11) is 0. The van der Waals surface area contributed by atoms with E-state index in [1.54, 1.807) is 31.5 Å². The zero-order valence-corrected chi connectivity index (χ0v) is 21.2. The van der Waals surface area contributed by atoms with Gasteiger partial charge >= 0.3 is 0 Å². The lowest BCUT2D eigenvalue weighted by Gasteiger charge is -2.16. The van der Waals surface area contributed by atoms with E-state index in [4.69, 9.17) is 0 Å². The molecule has 2 aromatic carbocycles. The Morgan fingerprint density at radius 1 is 1.13 bits per heavy atom. The molecule has 0 saturated heterocycles. The zero-order valence-electron chi connectivity index (χ0n) is 21.2. The maximum Gasteiger partial charge on any atom is 0.255 e. The number of ketones is 1. The van der Waals surface area contributed by atoms with E-state index in [-0.39, 0.29) is 11.7 Å². The number of amides is 1. The number of carbonyl (C=O) groups is 2. The molecule has 2 N–H and O–H groups in total. The summed E-state index contributed by atoms with van der Waals surface area (Å²) in [4.78, 5) is 33.9. The summed E-state index contributed by atoms with van der Waals surface area (Å²) in [5, 5.41) is 5.95. The second-order valence-corrected chi connectivity index (χ2v) is 9.37. The van der Waals surface area contributed by atoms with Crippen LogP contribution in [0.15, 0.2) is 83.6 Å². The summed E-state index contributed by atoms with van der Waals surface area (Å²) in [6, 6.07) is 12.3. The number of allylic oxidation sites excluding steroid dienone is 3. The van der Waals surface area contributed by atoms with Crippen molar-refractivity contribution >= 4 is 35.4 Å². The van der Waals surface area contributed by atoms with Gasteiger partial charge < -0.3 is 10.6 Å². The highest BCUT2D eigenvalue weighted by atomic mass is 19.2. The van der Waals surface area contributed by atoms with Crippen LogP contribution in [0.1, 0.15) is 52.0 Å². The lowest BCUT2D eigenvalue weighted by atomic mass is 10.0. The molecule has 1 aliphatic carbocycles. The highest BCUT2D eigenvalue weighted by molar-refractivity contribution is 6.26. The molecule has 0 bridgehead atoms. The van der Waals surface area contributed by atoms with Gasteiger partial charge in [-0.1, -0.05) is 36.4 Å². The number of aromatic nitrogens is 1. The third-order valence-corrected chi connectivity index (χ3v) is 6.61. The Bertz CT molecular complexity index is 1570. The number of nitrogens with one attached hydrogen (secondary N) is 2. The van der Waals surface area contributed by atoms with Crippen LogP contribution in [-0.2, 0) is 11.2 Å². The van der Waals surface area contributed by atoms with Crippen molar-refractivity contribution in [1.29, 1.82) is 0 Å². The molecule has 6 nitrogen and oxygen atoms in total. The molecule has 0 unspecified atom stereocenters. The lowest BCUT2D eigenvalue weighted by molar-refractivity contribution is -0.112. The molecule has 1 aromatic heterocycles. The largest absolute Gasteiger partial charge is 0.366 e. The van der Waals surface area contributed by atoms with Crippen molar-refractivity contribution in [1.82, 2.24) is 10.3 Å². The van der Waals surface area contributed by atoms with Crippen molar-refractivity contribution in [3.63, 3.8) is 0 Å². The van der Waals surface area contributed by atoms with Gasteiger partial charge in [-0.25, -0.2) is 13.8 Å². The molecular weight excluding hydrogens is 498 g/mol. The molecule has 0 radical (unpaired) electrons. The standard InChI is InChI=1S/C31H26F2N4O2/c1-19(22-7-9-27(32)28(33)16-22)37-31(39)25-5-3-12-36-30(25)35-11-2-4-20-6-8-24-23(14-20)17-29(38)26(24)15-21-10-13-34-18-21/h2-9,12-16,18-19H,10-11,17H2,1H3,(H,35,36)(H,37,39)/b4-2+,26-15-/t19-/m0/s1. The van der Waals surface area contributed by atoms with E-state index in [2.05, 4.69) is 20.6 Å². The number of hydrogen-bond acceptors (Lipinski definition) is 5. The summed E-state index contributed by atoms with van der Waals surface area (Å²) in [5.41, 5.74) is 5.48. The van der Waals surface area contributed by atoms with Gasteiger partial charge in [0.05, 0.1) is 11.6 Å². The van der Waals surface area contributed by atoms with Crippen LogP contribution in [0.4, 0.5) is 14.6 Å². The second kappa shape index (κ2) is 11.3. The molecule has 0 spiro atoms. The number of carbonyl (C=O) groups excluding carboxylic acids is 2. The van der Waals surface area contributed by atoms with E-state index in [1.807, 2.05) is 42.6 Å². The Kier molecular flexibility index (Phi) is 7.54. The summed E-state index contributed by atoms with van der Waals surface area (Å²) in [6.45, 7) is 2.10. The van der Waals surface area contributed by atoms with Crippen LogP contribution in [0.5, 0.6) is 0 Å². The Hall–Kier alpha value is -4.72. The second-order valence-electron chi connectivity index (χ2n) is 9.37. The fraction of sp³-hybridized carbons (Fsp3) is 0.161. The van der Waals surface area contributed by atoms with E-state index < -0.39 is 17.7 Å². The first-order valence-corrected chi connectivity index (χ1v) is 12.6. The number of benzene rings is 2. The minimum absolute atomic E-state index is 0.112. The van der Waals surface area contributed by atoms with Crippen LogP contribution in [0.3, 0.4) is 0 Å². The molecule has 3 aromatic rings. The Morgan fingerprint density at radius 2 is 2.00 bits per heavy atom. The van der Waals surface area contributed by atoms with Gasteiger partial charge in [0.25, 0.3) is 5.91 Å². The van der Waals surface area contributed by atoms with Gasteiger partial charge in [-0.3, -0.25) is 14.6 Å². The molecule has 1 atom stereocenters. The van der Waals surface area contributed by atoms with Gasteiger partial charge in [0.2, 0.25) is 0 Å². The molecule has 2 heterocycles. The van der Waals surface area contributed by atoms with Crippen LogP contribution in [0.25, 0.3) is 11.6 Å². The number of nitrogens with zero attached hydrogens (tertiary/aromatic N) is 2. The Balaban J connectivity index is 1.21. The number of hydrogen-bond donors (Lipinski definition) is 2. The van der Waals surface area contributed by atoms with Crippen LogP contribution < -0.4 is 10.6 Å². The molecule has 5 rings (SSSR count). The van der Waals surface area contributed by atoms with Gasteiger partial charge in [0.1, 0.15) is 5.82 Å². The van der Waals surface area contributed by atoms with Crippen LogP contribution >= 0.6 is 0 Å². The molecule has 2 aliphatic rings. The molecular formula is C31H26F2N4O2. The van der Waals surface area contributed by atoms with Crippen molar-refractivity contribution in [3.8, 4) is 0 Å². The van der Waals surface area contributed by atoms with Gasteiger partial charge in [-0.05, 0) is 65.1 Å². The van der Waals surface area contributed by atoms with E-state index in [0.717, 1.165) is 46.4 Å². The summed E-state index contributed by atoms with van der Waals surface area (Å²) >= 11 is 0.